The van der Waals surface area contributed by atoms with Crippen LogP contribution in [0.15, 0.2) is 24.3 Å². The van der Waals surface area contributed by atoms with Gasteiger partial charge in [0.05, 0.1) is 6.42 Å². The van der Waals surface area contributed by atoms with E-state index in [1.807, 2.05) is 31.2 Å². The topological polar surface area (TPSA) is 60.9 Å². The second-order valence-electron chi connectivity index (χ2n) is 6.03. The van der Waals surface area contributed by atoms with Crippen molar-refractivity contribution in [2.24, 2.45) is 0 Å². The third-order valence-corrected chi connectivity index (χ3v) is 6.14. The Morgan fingerprint density at radius 2 is 1.83 bits per heavy atom. The molecule has 1 aromatic rings. The van der Waals surface area contributed by atoms with Crippen LogP contribution in [-0.2, 0) is 21.4 Å². The van der Waals surface area contributed by atoms with Gasteiger partial charge in [-0.2, -0.15) is 17.0 Å². The van der Waals surface area contributed by atoms with Crippen LogP contribution in [0.3, 0.4) is 0 Å². The molecule has 1 saturated heterocycles. The van der Waals surface area contributed by atoms with Gasteiger partial charge in [0, 0.05) is 40.3 Å². The van der Waals surface area contributed by atoms with Crippen molar-refractivity contribution in [2.75, 3.05) is 40.3 Å². The van der Waals surface area contributed by atoms with Crippen LogP contribution in [0.2, 0.25) is 0 Å². The smallest absolute Gasteiger partial charge is 0.281 e. The zero-order valence-electron chi connectivity index (χ0n) is 14.0. The van der Waals surface area contributed by atoms with E-state index in [0.29, 0.717) is 39.0 Å². The normalized spacial score (nSPS) is 17.3. The Labute approximate surface area is 138 Å². The van der Waals surface area contributed by atoms with Crippen molar-refractivity contribution in [3.63, 3.8) is 0 Å². The molecule has 1 aliphatic rings. The summed E-state index contributed by atoms with van der Waals surface area (Å²) in [7, 11) is -0.351. The lowest BCUT2D eigenvalue weighted by atomic mass is 10.1. The van der Waals surface area contributed by atoms with Crippen LogP contribution in [0.1, 0.15) is 17.5 Å². The Hall–Kier alpha value is -1.44. The summed E-state index contributed by atoms with van der Waals surface area (Å²) in [5, 5.41) is 0. The first-order chi connectivity index (χ1) is 10.8. The van der Waals surface area contributed by atoms with Gasteiger partial charge in [0.25, 0.3) is 10.2 Å². The molecule has 1 amide bonds. The van der Waals surface area contributed by atoms with E-state index >= 15 is 0 Å². The summed E-state index contributed by atoms with van der Waals surface area (Å²) >= 11 is 0. The molecule has 1 fully saturated rings. The second kappa shape index (κ2) is 7.42. The molecule has 0 unspecified atom stereocenters. The maximum Gasteiger partial charge on any atom is 0.281 e. The minimum Gasteiger partial charge on any atom is -0.341 e. The summed E-state index contributed by atoms with van der Waals surface area (Å²) in [5.41, 5.74) is 2.13. The first-order valence-corrected chi connectivity index (χ1v) is 9.22. The number of carbonyl (C=O) groups excluding carboxylic acids is 1. The summed E-state index contributed by atoms with van der Waals surface area (Å²) in [4.78, 5) is 14.3. The average Bonchev–Trinajstić information content (AvgIpc) is 2.75. The molecule has 1 aromatic carbocycles. The monoisotopic (exact) mass is 339 g/mol. The average molecular weight is 339 g/mol. The molecular formula is C16H25N3O3S. The van der Waals surface area contributed by atoms with E-state index in [2.05, 4.69) is 0 Å². The highest BCUT2D eigenvalue weighted by Gasteiger charge is 2.28. The Balaban J connectivity index is 2.00. The van der Waals surface area contributed by atoms with E-state index in [1.165, 1.54) is 22.7 Å². The highest BCUT2D eigenvalue weighted by atomic mass is 32.2. The standard InChI is InChI=1S/C16H25N3O3S/c1-14-7-4-5-8-15(14)13-16(20)18-9-6-10-19(12-11-18)23(21,22)17(2)3/h4-5,7-8H,6,9-13H2,1-3H3. The Kier molecular flexibility index (Phi) is 5.78. The molecule has 0 N–H and O–H groups in total. The van der Waals surface area contributed by atoms with E-state index in [0.717, 1.165) is 11.1 Å². The van der Waals surface area contributed by atoms with Crippen LogP contribution in [-0.4, -0.2) is 68.1 Å². The van der Waals surface area contributed by atoms with Gasteiger partial charge in [0.2, 0.25) is 5.91 Å². The lowest BCUT2D eigenvalue weighted by Gasteiger charge is -2.24. The molecule has 0 radical (unpaired) electrons. The molecular weight excluding hydrogens is 314 g/mol. The molecule has 0 bridgehead atoms. The SMILES string of the molecule is Cc1ccccc1CC(=O)N1CCCN(S(=O)(=O)N(C)C)CC1. The molecule has 2 rings (SSSR count). The lowest BCUT2D eigenvalue weighted by Crippen LogP contribution is -2.42. The number of carbonyl (C=O) groups is 1. The second-order valence-corrected chi connectivity index (χ2v) is 8.17. The van der Waals surface area contributed by atoms with Gasteiger partial charge in [-0.25, -0.2) is 0 Å². The van der Waals surface area contributed by atoms with E-state index < -0.39 is 10.2 Å². The van der Waals surface area contributed by atoms with Crippen molar-refractivity contribution in [2.45, 2.75) is 19.8 Å². The number of benzene rings is 1. The maximum atomic E-state index is 12.5. The molecule has 0 atom stereocenters. The number of nitrogens with zero attached hydrogens (tertiary/aromatic N) is 3. The summed E-state index contributed by atoms with van der Waals surface area (Å²) in [5.74, 6) is 0.0587. The van der Waals surface area contributed by atoms with Gasteiger partial charge in [-0.3, -0.25) is 4.79 Å². The largest absolute Gasteiger partial charge is 0.341 e. The molecule has 7 heteroatoms. The van der Waals surface area contributed by atoms with Gasteiger partial charge >= 0.3 is 0 Å². The first kappa shape index (κ1) is 17.9. The lowest BCUT2D eigenvalue weighted by molar-refractivity contribution is -0.130. The number of aryl methyl sites for hydroxylation is 1. The van der Waals surface area contributed by atoms with Crippen LogP contribution < -0.4 is 0 Å². The summed E-state index contributed by atoms with van der Waals surface area (Å²) in [6.07, 6.45) is 1.03. The number of hydrogen-bond donors (Lipinski definition) is 0. The molecule has 0 spiro atoms. The number of rotatable bonds is 4. The molecule has 23 heavy (non-hydrogen) atoms. The van der Waals surface area contributed by atoms with Crippen LogP contribution in [0.25, 0.3) is 0 Å². The van der Waals surface area contributed by atoms with E-state index in [4.69, 9.17) is 0 Å². The van der Waals surface area contributed by atoms with Gasteiger partial charge in [0.1, 0.15) is 0 Å². The Bertz CT molecular complexity index is 658. The van der Waals surface area contributed by atoms with Crippen LogP contribution in [0.4, 0.5) is 0 Å². The van der Waals surface area contributed by atoms with Crippen LogP contribution >= 0.6 is 0 Å². The molecule has 0 aliphatic carbocycles. The Morgan fingerprint density at radius 3 is 2.48 bits per heavy atom. The van der Waals surface area contributed by atoms with Crippen molar-refractivity contribution < 1.29 is 13.2 Å². The number of hydrogen-bond acceptors (Lipinski definition) is 3. The minimum absolute atomic E-state index is 0.0587. The number of amides is 1. The van der Waals surface area contributed by atoms with E-state index in [9.17, 15) is 13.2 Å². The molecule has 0 saturated carbocycles. The minimum atomic E-state index is -3.41. The highest BCUT2D eigenvalue weighted by Crippen LogP contribution is 2.13. The zero-order valence-corrected chi connectivity index (χ0v) is 14.8. The first-order valence-electron chi connectivity index (χ1n) is 7.82. The quantitative estimate of drug-likeness (QED) is 0.818. The van der Waals surface area contributed by atoms with Crippen molar-refractivity contribution >= 4 is 16.1 Å². The van der Waals surface area contributed by atoms with Crippen molar-refractivity contribution in [3.8, 4) is 0 Å². The molecule has 6 nitrogen and oxygen atoms in total. The summed E-state index contributed by atoms with van der Waals surface area (Å²) < 4.78 is 27.1. The van der Waals surface area contributed by atoms with E-state index in [1.54, 1.807) is 4.90 Å². The Morgan fingerprint density at radius 1 is 1.13 bits per heavy atom. The van der Waals surface area contributed by atoms with Crippen LogP contribution in [0.5, 0.6) is 0 Å². The molecule has 1 heterocycles. The van der Waals surface area contributed by atoms with Crippen molar-refractivity contribution in [1.82, 2.24) is 13.5 Å². The fourth-order valence-corrected chi connectivity index (χ4v) is 3.82. The third-order valence-electron chi connectivity index (χ3n) is 4.20. The third kappa shape index (κ3) is 4.31. The van der Waals surface area contributed by atoms with Crippen molar-refractivity contribution in [1.29, 1.82) is 0 Å². The van der Waals surface area contributed by atoms with Gasteiger partial charge < -0.3 is 4.90 Å². The maximum absolute atomic E-state index is 12.5. The van der Waals surface area contributed by atoms with Crippen LogP contribution in [0, 0.1) is 6.92 Å². The highest BCUT2D eigenvalue weighted by molar-refractivity contribution is 7.86. The fraction of sp³-hybridized carbons (Fsp3) is 0.562. The summed E-state index contributed by atoms with van der Waals surface area (Å²) in [6.45, 7) is 3.84. The van der Waals surface area contributed by atoms with Crippen molar-refractivity contribution in [3.05, 3.63) is 35.4 Å². The predicted molar refractivity (Wildman–Crippen MR) is 90.3 cm³/mol. The predicted octanol–water partition coefficient (Wildman–Crippen LogP) is 0.878. The van der Waals surface area contributed by atoms with Gasteiger partial charge in [0.15, 0.2) is 0 Å². The molecule has 0 aromatic heterocycles. The molecule has 128 valence electrons. The molecule has 1 aliphatic heterocycles. The van der Waals surface area contributed by atoms with Gasteiger partial charge in [-0.1, -0.05) is 24.3 Å². The zero-order chi connectivity index (χ0) is 17.0. The van der Waals surface area contributed by atoms with Gasteiger partial charge in [-0.15, -0.1) is 0 Å². The summed E-state index contributed by atoms with van der Waals surface area (Å²) in [6, 6.07) is 7.85. The van der Waals surface area contributed by atoms with E-state index in [-0.39, 0.29) is 5.91 Å². The fourth-order valence-electron chi connectivity index (χ4n) is 2.69. The van der Waals surface area contributed by atoms with Gasteiger partial charge in [-0.05, 0) is 24.5 Å².